The number of nitrogens with zero attached hydrogens (tertiary/aromatic N) is 2. The molecule has 0 aromatic rings. The van der Waals surface area contributed by atoms with Gasteiger partial charge in [0.25, 0.3) is 0 Å². The van der Waals surface area contributed by atoms with Crippen LogP contribution in [0.5, 0.6) is 0 Å². The van der Waals surface area contributed by atoms with Crippen LogP contribution in [0.3, 0.4) is 0 Å². The number of hydrogen-bond donors (Lipinski definition) is 2. The van der Waals surface area contributed by atoms with Gasteiger partial charge in [-0.3, -0.25) is 4.79 Å². The van der Waals surface area contributed by atoms with E-state index in [0.717, 1.165) is 32.1 Å². The standard InChI is InChI=1S/C13H22N2O4/c16-11-6-3-7-14(8-11)13(19)15(9-12(17)18)10-4-1-2-5-10/h10-11,16H,1-9H2,(H,17,18). The van der Waals surface area contributed by atoms with Gasteiger partial charge in [0, 0.05) is 19.1 Å². The van der Waals surface area contributed by atoms with Crippen molar-refractivity contribution >= 4 is 12.0 Å². The third kappa shape index (κ3) is 3.59. The number of likely N-dealkylation sites (tertiary alicyclic amines) is 1. The van der Waals surface area contributed by atoms with Crippen LogP contribution in [0.1, 0.15) is 38.5 Å². The molecule has 1 aliphatic heterocycles. The maximum absolute atomic E-state index is 12.4. The van der Waals surface area contributed by atoms with Crippen molar-refractivity contribution in [3.05, 3.63) is 0 Å². The summed E-state index contributed by atoms with van der Waals surface area (Å²) in [5, 5.41) is 18.6. The normalized spacial score (nSPS) is 24.5. The average Bonchev–Trinajstić information content (AvgIpc) is 2.88. The first-order valence-electron chi connectivity index (χ1n) is 7.03. The molecule has 2 amide bonds. The van der Waals surface area contributed by atoms with Gasteiger partial charge < -0.3 is 20.0 Å². The van der Waals surface area contributed by atoms with Crippen LogP contribution >= 0.6 is 0 Å². The summed E-state index contributed by atoms with van der Waals surface area (Å²) in [5.41, 5.74) is 0. The van der Waals surface area contributed by atoms with Crippen LogP contribution in [0.25, 0.3) is 0 Å². The number of carbonyl (C=O) groups is 2. The Bertz CT molecular complexity index is 342. The van der Waals surface area contributed by atoms with E-state index in [-0.39, 0.29) is 18.6 Å². The highest BCUT2D eigenvalue weighted by molar-refractivity contribution is 5.80. The number of carboxylic acid groups (broad SMARTS) is 1. The molecule has 1 heterocycles. The summed E-state index contributed by atoms with van der Waals surface area (Å²) in [5.74, 6) is -0.974. The van der Waals surface area contributed by atoms with Crippen LogP contribution in [0.15, 0.2) is 0 Å². The number of urea groups is 1. The predicted molar refractivity (Wildman–Crippen MR) is 68.8 cm³/mol. The first kappa shape index (κ1) is 14.1. The fourth-order valence-electron chi connectivity index (χ4n) is 3.02. The van der Waals surface area contributed by atoms with Crippen molar-refractivity contribution < 1.29 is 19.8 Å². The van der Waals surface area contributed by atoms with Gasteiger partial charge in [-0.1, -0.05) is 12.8 Å². The van der Waals surface area contributed by atoms with Crippen molar-refractivity contribution in [1.82, 2.24) is 9.80 Å². The lowest BCUT2D eigenvalue weighted by Gasteiger charge is -2.36. The maximum Gasteiger partial charge on any atom is 0.323 e. The van der Waals surface area contributed by atoms with Crippen LogP contribution in [0.2, 0.25) is 0 Å². The molecule has 2 fully saturated rings. The van der Waals surface area contributed by atoms with Gasteiger partial charge in [0.2, 0.25) is 0 Å². The highest BCUT2D eigenvalue weighted by atomic mass is 16.4. The zero-order valence-electron chi connectivity index (χ0n) is 11.1. The molecule has 19 heavy (non-hydrogen) atoms. The highest BCUT2D eigenvalue weighted by Crippen LogP contribution is 2.25. The number of aliphatic hydroxyl groups excluding tert-OH is 1. The number of β-amino-alcohol motifs (C(OH)–C–C–N with tert-alkyl or cyclic N) is 1. The Morgan fingerprint density at radius 1 is 1.16 bits per heavy atom. The number of carbonyl (C=O) groups excluding carboxylic acids is 1. The molecular weight excluding hydrogens is 248 g/mol. The summed E-state index contributed by atoms with van der Waals surface area (Å²) in [6.45, 7) is 0.691. The van der Waals surface area contributed by atoms with Gasteiger partial charge in [0.15, 0.2) is 0 Å². The first-order valence-corrected chi connectivity index (χ1v) is 7.03. The van der Waals surface area contributed by atoms with Crippen LogP contribution in [0.4, 0.5) is 4.79 Å². The van der Waals surface area contributed by atoms with E-state index in [9.17, 15) is 14.7 Å². The Kier molecular flexibility index (Phi) is 4.63. The van der Waals surface area contributed by atoms with Gasteiger partial charge in [-0.05, 0) is 25.7 Å². The second kappa shape index (κ2) is 6.23. The largest absolute Gasteiger partial charge is 0.480 e. The number of carboxylic acids is 1. The number of aliphatic hydroxyl groups is 1. The molecule has 1 atom stereocenters. The fourth-order valence-corrected chi connectivity index (χ4v) is 3.02. The summed E-state index contributed by atoms with van der Waals surface area (Å²) in [6.07, 6.45) is 4.89. The van der Waals surface area contributed by atoms with E-state index in [1.165, 1.54) is 4.90 Å². The van der Waals surface area contributed by atoms with Gasteiger partial charge in [-0.25, -0.2) is 4.79 Å². The van der Waals surface area contributed by atoms with Crippen molar-refractivity contribution in [2.75, 3.05) is 19.6 Å². The van der Waals surface area contributed by atoms with Crippen molar-refractivity contribution in [1.29, 1.82) is 0 Å². The number of hydrogen-bond acceptors (Lipinski definition) is 3. The molecule has 108 valence electrons. The van der Waals surface area contributed by atoms with Gasteiger partial charge in [0.1, 0.15) is 6.54 Å². The molecule has 2 rings (SSSR count). The van der Waals surface area contributed by atoms with Crippen LogP contribution in [-0.2, 0) is 4.79 Å². The van der Waals surface area contributed by atoms with E-state index < -0.39 is 12.1 Å². The van der Waals surface area contributed by atoms with Crippen LogP contribution in [-0.4, -0.2) is 63.8 Å². The third-order valence-corrected chi connectivity index (χ3v) is 3.98. The lowest BCUT2D eigenvalue weighted by Crippen LogP contribution is -2.52. The average molecular weight is 270 g/mol. The summed E-state index contributed by atoms with van der Waals surface area (Å²) < 4.78 is 0. The summed E-state index contributed by atoms with van der Waals surface area (Å²) >= 11 is 0. The van der Waals surface area contributed by atoms with E-state index in [2.05, 4.69) is 0 Å². The molecule has 6 heteroatoms. The van der Waals surface area contributed by atoms with Crippen LogP contribution in [0, 0.1) is 0 Å². The molecule has 2 N–H and O–H groups in total. The van der Waals surface area contributed by atoms with E-state index in [1.807, 2.05) is 0 Å². The summed E-state index contributed by atoms with van der Waals surface area (Å²) in [6, 6.07) is -0.185. The van der Waals surface area contributed by atoms with Gasteiger partial charge in [-0.15, -0.1) is 0 Å². The molecule has 0 aromatic carbocycles. The number of piperidine rings is 1. The Morgan fingerprint density at radius 2 is 1.84 bits per heavy atom. The minimum atomic E-state index is -0.974. The molecule has 0 aromatic heterocycles. The third-order valence-electron chi connectivity index (χ3n) is 3.98. The lowest BCUT2D eigenvalue weighted by molar-refractivity contribution is -0.138. The highest BCUT2D eigenvalue weighted by Gasteiger charge is 2.33. The van der Waals surface area contributed by atoms with E-state index in [4.69, 9.17) is 5.11 Å². The topological polar surface area (TPSA) is 81.1 Å². The minimum Gasteiger partial charge on any atom is -0.480 e. The van der Waals surface area contributed by atoms with Crippen LogP contribution < -0.4 is 0 Å². The molecule has 1 saturated carbocycles. The molecule has 1 unspecified atom stereocenters. The second-order valence-corrected chi connectivity index (χ2v) is 5.48. The monoisotopic (exact) mass is 270 g/mol. The molecule has 6 nitrogen and oxygen atoms in total. The number of rotatable bonds is 3. The molecule has 1 aliphatic carbocycles. The van der Waals surface area contributed by atoms with Crippen molar-refractivity contribution in [3.63, 3.8) is 0 Å². The molecule has 0 bridgehead atoms. The molecule has 2 aliphatic rings. The first-order chi connectivity index (χ1) is 9.08. The zero-order chi connectivity index (χ0) is 13.8. The molecule has 0 radical (unpaired) electrons. The smallest absolute Gasteiger partial charge is 0.323 e. The molecule has 1 saturated heterocycles. The van der Waals surface area contributed by atoms with Crippen molar-refractivity contribution in [2.24, 2.45) is 0 Å². The summed E-state index contributed by atoms with van der Waals surface area (Å²) in [7, 11) is 0. The summed E-state index contributed by atoms with van der Waals surface area (Å²) in [4.78, 5) is 26.5. The Morgan fingerprint density at radius 3 is 2.42 bits per heavy atom. The lowest BCUT2D eigenvalue weighted by atomic mass is 10.1. The maximum atomic E-state index is 12.4. The molecular formula is C13H22N2O4. The molecule has 0 spiro atoms. The van der Waals surface area contributed by atoms with Gasteiger partial charge >= 0.3 is 12.0 Å². The van der Waals surface area contributed by atoms with Gasteiger partial charge in [0.05, 0.1) is 6.10 Å². The Balaban J connectivity index is 2.03. The van der Waals surface area contributed by atoms with E-state index in [1.54, 1.807) is 4.90 Å². The van der Waals surface area contributed by atoms with Crippen molar-refractivity contribution in [2.45, 2.75) is 50.7 Å². The SMILES string of the molecule is O=C(O)CN(C(=O)N1CCCC(O)C1)C1CCCC1. The number of aliphatic carboxylic acids is 1. The minimum absolute atomic E-state index is 0.0441. The van der Waals surface area contributed by atoms with Gasteiger partial charge in [-0.2, -0.15) is 0 Å². The quantitative estimate of drug-likeness (QED) is 0.798. The second-order valence-electron chi connectivity index (χ2n) is 5.48. The van der Waals surface area contributed by atoms with Crippen molar-refractivity contribution in [3.8, 4) is 0 Å². The Hall–Kier alpha value is -1.30. The predicted octanol–water partition coefficient (Wildman–Crippen LogP) is 0.892. The van der Waals surface area contributed by atoms with E-state index in [0.29, 0.717) is 19.5 Å². The number of amides is 2. The van der Waals surface area contributed by atoms with E-state index >= 15 is 0 Å². The fraction of sp³-hybridized carbons (Fsp3) is 0.846. The Labute approximate surface area is 113 Å². The zero-order valence-corrected chi connectivity index (χ0v) is 11.1.